The number of hydrogen-bond donors (Lipinski definition) is 2. The number of nitrogens with one attached hydrogen (secondary N) is 1. The fraction of sp³-hybridized carbons (Fsp3) is 0.545. The van der Waals surface area contributed by atoms with Gasteiger partial charge in [-0.15, -0.1) is 0 Å². The number of aromatic nitrogens is 2. The highest BCUT2D eigenvalue weighted by Crippen LogP contribution is 1.98. The van der Waals surface area contributed by atoms with Crippen molar-refractivity contribution < 1.29 is 14.7 Å². The lowest BCUT2D eigenvalue weighted by atomic mass is 10.3. The predicted molar refractivity (Wildman–Crippen MR) is 65.1 cm³/mol. The molecule has 7 heteroatoms. The fourth-order valence-corrected chi connectivity index (χ4v) is 1.45. The largest absolute Gasteiger partial charge is 0.480 e. The standard InChI is InChI=1S/C11H18N4O3/c1-9(2)15(8-10(16)17)11(18)12-5-7-14-6-3-4-13-14/h3-4,6,9H,5,7-8H2,1-2H3,(H,12,18)(H,16,17). The van der Waals surface area contributed by atoms with Gasteiger partial charge in [-0.25, -0.2) is 4.79 Å². The van der Waals surface area contributed by atoms with Crippen molar-refractivity contribution in [3.63, 3.8) is 0 Å². The maximum Gasteiger partial charge on any atom is 0.323 e. The number of rotatable bonds is 6. The Morgan fingerprint density at radius 1 is 1.50 bits per heavy atom. The highest BCUT2D eigenvalue weighted by Gasteiger charge is 2.19. The maximum atomic E-state index is 11.8. The Morgan fingerprint density at radius 3 is 2.72 bits per heavy atom. The Kier molecular flexibility index (Phi) is 5.16. The number of aliphatic carboxylic acids is 1. The first-order valence-corrected chi connectivity index (χ1v) is 5.74. The van der Waals surface area contributed by atoms with Gasteiger partial charge in [0.1, 0.15) is 6.54 Å². The number of urea groups is 1. The second kappa shape index (κ2) is 6.63. The second-order valence-corrected chi connectivity index (χ2v) is 4.12. The molecule has 0 aliphatic heterocycles. The van der Waals surface area contributed by atoms with E-state index in [-0.39, 0.29) is 18.6 Å². The van der Waals surface area contributed by atoms with E-state index in [1.807, 2.05) is 0 Å². The minimum atomic E-state index is -1.02. The van der Waals surface area contributed by atoms with Crippen molar-refractivity contribution in [1.29, 1.82) is 0 Å². The summed E-state index contributed by atoms with van der Waals surface area (Å²) >= 11 is 0. The Bertz CT molecular complexity index is 389. The molecule has 1 heterocycles. The van der Waals surface area contributed by atoms with E-state index in [1.165, 1.54) is 4.90 Å². The van der Waals surface area contributed by atoms with Gasteiger partial charge >= 0.3 is 12.0 Å². The van der Waals surface area contributed by atoms with Crippen molar-refractivity contribution in [1.82, 2.24) is 20.0 Å². The molecule has 1 aromatic heterocycles. The zero-order valence-corrected chi connectivity index (χ0v) is 10.5. The van der Waals surface area contributed by atoms with Crippen LogP contribution in [0.2, 0.25) is 0 Å². The topological polar surface area (TPSA) is 87.5 Å². The van der Waals surface area contributed by atoms with Gasteiger partial charge in [-0.2, -0.15) is 5.10 Å². The lowest BCUT2D eigenvalue weighted by Crippen LogP contribution is -2.47. The van der Waals surface area contributed by atoms with Gasteiger partial charge < -0.3 is 15.3 Å². The van der Waals surface area contributed by atoms with Crippen LogP contribution in [0.4, 0.5) is 4.79 Å². The number of carboxylic acids is 1. The highest BCUT2D eigenvalue weighted by molar-refractivity contribution is 5.80. The summed E-state index contributed by atoms with van der Waals surface area (Å²) in [7, 11) is 0. The number of nitrogens with zero attached hydrogens (tertiary/aromatic N) is 3. The number of amides is 2. The molecule has 0 saturated carbocycles. The first-order valence-electron chi connectivity index (χ1n) is 5.74. The minimum absolute atomic E-state index is 0.161. The monoisotopic (exact) mass is 254 g/mol. The molecule has 0 aliphatic rings. The molecule has 0 radical (unpaired) electrons. The van der Waals surface area contributed by atoms with Crippen molar-refractivity contribution >= 4 is 12.0 Å². The quantitative estimate of drug-likeness (QED) is 0.768. The molecule has 7 nitrogen and oxygen atoms in total. The molecule has 0 aliphatic carbocycles. The Hall–Kier alpha value is -2.05. The van der Waals surface area contributed by atoms with E-state index in [4.69, 9.17) is 5.11 Å². The number of carbonyl (C=O) groups is 2. The fourth-order valence-electron chi connectivity index (χ4n) is 1.45. The summed E-state index contributed by atoms with van der Waals surface area (Å²) in [6, 6.07) is 1.26. The summed E-state index contributed by atoms with van der Waals surface area (Å²) < 4.78 is 1.69. The Morgan fingerprint density at radius 2 is 2.22 bits per heavy atom. The highest BCUT2D eigenvalue weighted by atomic mass is 16.4. The molecule has 0 fully saturated rings. The van der Waals surface area contributed by atoms with E-state index in [1.54, 1.807) is 37.0 Å². The Balaban J connectivity index is 2.39. The summed E-state index contributed by atoms with van der Waals surface area (Å²) in [6.07, 6.45) is 3.45. The molecule has 100 valence electrons. The normalized spacial score (nSPS) is 10.4. The summed E-state index contributed by atoms with van der Waals surface area (Å²) in [4.78, 5) is 23.7. The molecule has 1 rings (SSSR count). The van der Waals surface area contributed by atoms with Crippen LogP contribution >= 0.6 is 0 Å². The van der Waals surface area contributed by atoms with E-state index in [0.29, 0.717) is 13.1 Å². The van der Waals surface area contributed by atoms with Gasteiger partial charge in [-0.3, -0.25) is 9.48 Å². The van der Waals surface area contributed by atoms with Crippen LogP contribution in [-0.4, -0.2) is 50.9 Å². The summed E-state index contributed by atoms with van der Waals surface area (Å²) in [5.41, 5.74) is 0. The smallest absolute Gasteiger partial charge is 0.323 e. The molecule has 0 saturated heterocycles. The summed E-state index contributed by atoms with van der Waals surface area (Å²) in [5, 5.41) is 15.4. The zero-order chi connectivity index (χ0) is 13.5. The van der Waals surface area contributed by atoms with Crippen molar-refractivity contribution in [3.05, 3.63) is 18.5 Å². The summed E-state index contributed by atoms with van der Waals surface area (Å²) in [5.74, 6) is -1.02. The van der Waals surface area contributed by atoms with Crippen molar-refractivity contribution in [2.75, 3.05) is 13.1 Å². The number of carbonyl (C=O) groups excluding carboxylic acids is 1. The van der Waals surface area contributed by atoms with Crippen LogP contribution in [-0.2, 0) is 11.3 Å². The first-order chi connectivity index (χ1) is 8.50. The van der Waals surface area contributed by atoms with Gasteiger partial charge in [0.05, 0.1) is 6.54 Å². The van der Waals surface area contributed by atoms with Crippen LogP contribution in [0.3, 0.4) is 0 Å². The van der Waals surface area contributed by atoms with Crippen molar-refractivity contribution in [3.8, 4) is 0 Å². The number of carboxylic acid groups (broad SMARTS) is 1. The average Bonchev–Trinajstić information content (AvgIpc) is 2.78. The molecular formula is C11H18N4O3. The van der Waals surface area contributed by atoms with Crippen molar-refractivity contribution in [2.45, 2.75) is 26.4 Å². The molecule has 0 bridgehead atoms. The molecule has 2 N–H and O–H groups in total. The second-order valence-electron chi connectivity index (χ2n) is 4.12. The van der Waals surface area contributed by atoms with Gasteiger partial charge in [0, 0.05) is 25.0 Å². The van der Waals surface area contributed by atoms with Gasteiger partial charge in [0.15, 0.2) is 0 Å². The van der Waals surface area contributed by atoms with Crippen LogP contribution in [0.5, 0.6) is 0 Å². The lowest BCUT2D eigenvalue weighted by Gasteiger charge is -2.25. The summed E-state index contributed by atoms with van der Waals surface area (Å²) in [6.45, 7) is 4.21. The van der Waals surface area contributed by atoms with E-state index < -0.39 is 5.97 Å². The van der Waals surface area contributed by atoms with Crippen LogP contribution < -0.4 is 5.32 Å². The van der Waals surface area contributed by atoms with E-state index >= 15 is 0 Å². The molecule has 0 aromatic carbocycles. The zero-order valence-electron chi connectivity index (χ0n) is 10.5. The maximum absolute atomic E-state index is 11.8. The molecule has 0 spiro atoms. The van der Waals surface area contributed by atoms with E-state index in [0.717, 1.165) is 0 Å². The molecule has 0 atom stereocenters. The van der Waals surface area contributed by atoms with E-state index in [9.17, 15) is 9.59 Å². The number of hydrogen-bond acceptors (Lipinski definition) is 3. The third-order valence-electron chi connectivity index (χ3n) is 2.37. The predicted octanol–water partition coefficient (Wildman–Crippen LogP) is 0.388. The average molecular weight is 254 g/mol. The molecule has 2 amide bonds. The van der Waals surface area contributed by atoms with Crippen LogP contribution in [0, 0.1) is 0 Å². The molecule has 18 heavy (non-hydrogen) atoms. The first kappa shape index (κ1) is 14.0. The van der Waals surface area contributed by atoms with E-state index in [2.05, 4.69) is 10.4 Å². The van der Waals surface area contributed by atoms with Crippen LogP contribution in [0.1, 0.15) is 13.8 Å². The molecular weight excluding hydrogens is 236 g/mol. The SMILES string of the molecule is CC(C)N(CC(=O)O)C(=O)NCCn1cccn1. The third-order valence-corrected chi connectivity index (χ3v) is 2.37. The molecule has 1 aromatic rings. The van der Waals surface area contributed by atoms with Crippen molar-refractivity contribution in [2.24, 2.45) is 0 Å². The molecule has 0 unspecified atom stereocenters. The van der Waals surface area contributed by atoms with Gasteiger partial charge in [0.25, 0.3) is 0 Å². The Labute approximate surface area is 105 Å². The van der Waals surface area contributed by atoms with Gasteiger partial charge in [-0.1, -0.05) is 0 Å². The van der Waals surface area contributed by atoms with Gasteiger partial charge in [-0.05, 0) is 19.9 Å². The van der Waals surface area contributed by atoms with Crippen LogP contribution in [0.15, 0.2) is 18.5 Å². The third kappa shape index (κ3) is 4.44. The van der Waals surface area contributed by atoms with Gasteiger partial charge in [0.2, 0.25) is 0 Å². The lowest BCUT2D eigenvalue weighted by molar-refractivity contribution is -0.138. The van der Waals surface area contributed by atoms with Crippen LogP contribution in [0.25, 0.3) is 0 Å². The minimum Gasteiger partial charge on any atom is -0.480 e.